The summed E-state index contributed by atoms with van der Waals surface area (Å²) in [5.41, 5.74) is 0. The smallest absolute Gasteiger partial charge is 0.314 e. The van der Waals surface area contributed by atoms with E-state index < -0.39 is 0 Å². The number of hydrogen-bond donors (Lipinski definition) is 3. The lowest BCUT2D eigenvalue weighted by Gasteiger charge is -2.27. The predicted octanol–water partition coefficient (Wildman–Crippen LogP) is 0.219. The minimum absolute atomic E-state index is 0.0568. The van der Waals surface area contributed by atoms with Crippen LogP contribution in [0.1, 0.15) is 25.7 Å². The highest BCUT2D eigenvalue weighted by atomic mass is 16.3. The van der Waals surface area contributed by atoms with Crippen molar-refractivity contribution in [1.29, 1.82) is 0 Å². The van der Waals surface area contributed by atoms with Gasteiger partial charge >= 0.3 is 6.03 Å². The van der Waals surface area contributed by atoms with Gasteiger partial charge in [-0.05, 0) is 12.8 Å². The molecule has 2 atom stereocenters. The summed E-state index contributed by atoms with van der Waals surface area (Å²) in [4.78, 5) is 10.9. The SMILES string of the molecule is CNC(=O)N[C@H]1CCCC[C@H]1O. The highest BCUT2D eigenvalue weighted by Gasteiger charge is 2.23. The molecule has 0 aromatic heterocycles. The van der Waals surface area contributed by atoms with Gasteiger partial charge in [0, 0.05) is 7.05 Å². The van der Waals surface area contributed by atoms with Crippen LogP contribution in [0.4, 0.5) is 4.79 Å². The zero-order valence-electron chi connectivity index (χ0n) is 7.34. The minimum atomic E-state index is -0.365. The molecule has 0 aliphatic heterocycles. The zero-order valence-corrected chi connectivity index (χ0v) is 7.34. The molecule has 1 aliphatic rings. The Morgan fingerprint density at radius 3 is 2.67 bits per heavy atom. The topological polar surface area (TPSA) is 61.4 Å². The van der Waals surface area contributed by atoms with Crippen LogP contribution in [0.5, 0.6) is 0 Å². The van der Waals surface area contributed by atoms with Crippen LogP contribution >= 0.6 is 0 Å². The van der Waals surface area contributed by atoms with Gasteiger partial charge in [-0.15, -0.1) is 0 Å². The van der Waals surface area contributed by atoms with Gasteiger partial charge in [0.1, 0.15) is 0 Å². The Balaban J connectivity index is 2.33. The summed E-state index contributed by atoms with van der Waals surface area (Å²) in [7, 11) is 1.57. The van der Waals surface area contributed by atoms with Crippen LogP contribution in [-0.2, 0) is 0 Å². The highest BCUT2D eigenvalue weighted by molar-refractivity contribution is 5.73. The van der Waals surface area contributed by atoms with Gasteiger partial charge in [-0.3, -0.25) is 0 Å². The van der Waals surface area contributed by atoms with Gasteiger partial charge in [0.15, 0.2) is 0 Å². The van der Waals surface area contributed by atoms with Gasteiger partial charge in [-0.2, -0.15) is 0 Å². The average Bonchev–Trinajstić information content (AvgIpc) is 2.09. The number of carbonyl (C=O) groups is 1. The molecule has 4 heteroatoms. The molecule has 0 radical (unpaired) electrons. The van der Waals surface area contributed by atoms with Crippen molar-refractivity contribution in [3.05, 3.63) is 0 Å². The molecule has 70 valence electrons. The van der Waals surface area contributed by atoms with Gasteiger partial charge in [0.2, 0.25) is 0 Å². The van der Waals surface area contributed by atoms with Crippen molar-refractivity contribution in [2.75, 3.05) is 7.05 Å². The van der Waals surface area contributed by atoms with Crippen LogP contribution in [0.15, 0.2) is 0 Å². The lowest BCUT2D eigenvalue weighted by Crippen LogP contribution is -2.48. The molecule has 4 nitrogen and oxygen atoms in total. The number of carbonyl (C=O) groups excluding carboxylic acids is 1. The third-order valence-corrected chi connectivity index (χ3v) is 2.27. The Bertz CT molecular complexity index is 161. The monoisotopic (exact) mass is 172 g/mol. The van der Waals surface area contributed by atoms with E-state index in [0.717, 1.165) is 25.7 Å². The summed E-state index contributed by atoms with van der Waals surface area (Å²) in [6, 6.07) is -0.264. The molecule has 0 unspecified atom stereocenters. The van der Waals surface area contributed by atoms with Gasteiger partial charge in [-0.1, -0.05) is 12.8 Å². The first-order valence-electron chi connectivity index (χ1n) is 4.40. The largest absolute Gasteiger partial charge is 0.391 e. The molecule has 1 fully saturated rings. The lowest BCUT2D eigenvalue weighted by molar-refractivity contribution is 0.0945. The van der Waals surface area contributed by atoms with Crippen LogP contribution in [0.25, 0.3) is 0 Å². The maximum atomic E-state index is 10.9. The van der Waals surface area contributed by atoms with E-state index in [1.807, 2.05) is 0 Å². The fraction of sp³-hybridized carbons (Fsp3) is 0.875. The molecule has 0 saturated heterocycles. The minimum Gasteiger partial charge on any atom is -0.391 e. The molecular formula is C8H16N2O2. The molecule has 1 aliphatic carbocycles. The normalized spacial score (nSPS) is 29.5. The maximum Gasteiger partial charge on any atom is 0.314 e. The highest BCUT2D eigenvalue weighted by Crippen LogP contribution is 2.17. The van der Waals surface area contributed by atoms with E-state index in [2.05, 4.69) is 10.6 Å². The van der Waals surface area contributed by atoms with Crippen molar-refractivity contribution in [2.45, 2.75) is 37.8 Å². The molecular weight excluding hydrogens is 156 g/mol. The van der Waals surface area contributed by atoms with E-state index in [1.165, 1.54) is 0 Å². The second kappa shape index (κ2) is 4.30. The van der Waals surface area contributed by atoms with Gasteiger partial charge in [0.05, 0.1) is 12.1 Å². The quantitative estimate of drug-likeness (QED) is 0.530. The van der Waals surface area contributed by atoms with E-state index in [-0.39, 0.29) is 18.2 Å². The molecule has 0 aromatic rings. The lowest BCUT2D eigenvalue weighted by atomic mass is 9.93. The number of urea groups is 1. The van der Waals surface area contributed by atoms with E-state index in [0.29, 0.717) is 0 Å². The molecule has 1 rings (SSSR count). The Morgan fingerprint density at radius 2 is 2.08 bits per heavy atom. The molecule has 3 N–H and O–H groups in total. The number of hydrogen-bond acceptors (Lipinski definition) is 2. The Kier molecular flexibility index (Phi) is 3.34. The van der Waals surface area contributed by atoms with E-state index >= 15 is 0 Å². The molecule has 0 heterocycles. The molecule has 0 aromatic carbocycles. The fourth-order valence-electron chi connectivity index (χ4n) is 1.52. The predicted molar refractivity (Wildman–Crippen MR) is 45.9 cm³/mol. The summed E-state index contributed by atoms with van der Waals surface area (Å²) in [5, 5.41) is 14.7. The first-order chi connectivity index (χ1) is 5.74. The van der Waals surface area contributed by atoms with Crippen LogP contribution in [0, 0.1) is 0 Å². The van der Waals surface area contributed by atoms with Crippen LogP contribution in [0.2, 0.25) is 0 Å². The van der Waals surface area contributed by atoms with Gasteiger partial charge in [-0.25, -0.2) is 4.79 Å². The Hall–Kier alpha value is -0.770. The summed E-state index contributed by atoms with van der Waals surface area (Å²) < 4.78 is 0. The number of nitrogens with one attached hydrogen (secondary N) is 2. The van der Waals surface area contributed by atoms with Crippen LogP contribution < -0.4 is 10.6 Å². The maximum absolute atomic E-state index is 10.9. The standard InChI is InChI=1S/C8H16N2O2/c1-9-8(12)10-6-4-2-3-5-7(6)11/h6-7,11H,2-5H2,1H3,(H2,9,10,12)/t6-,7+/m0/s1. The summed E-state index contributed by atoms with van der Waals surface area (Å²) in [6.45, 7) is 0. The first-order valence-corrected chi connectivity index (χ1v) is 4.40. The third-order valence-electron chi connectivity index (χ3n) is 2.27. The zero-order chi connectivity index (χ0) is 8.97. The number of amides is 2. The molecule has 12 heavy (non-hydrogen) atoms. The average molecular weight is 172 g/mol. The second-order valence-corrected chi connectivity index (χ2v) is 3.18. The number of rotatable bonds is 1. The van der Waals surface area contributed by atoms with E-state index in [4.69, 9.17) is 0 Å². The number of aliphatic hydroxyl groups excluding tert-OH is 1. The van der Waals surface area contributed by atoms with E-state index in [9.17, 15) is 9.90 Å². The summed E-state index contributed by atoms with van der Waals surface area (Å²) in [5.74, 6) is 0. The molecule has 2 amide bonds. The molecule has 0 bridgehead atoms. The van der Waals surface area contributed by atoms with Crippen molar-refractivity contribution in [3.8, 4) is 0 Å². The van der Waals surface area contributed by atoms with Gasteiger partial charge in [0.25, 0.3) is 0 Å². The van der Waals surface area contributed by atoms with Crippen molar-refractivity contribution < 1.29 is 9.90 Å². The van der Waals surface area contributed by atoms with Crippen LogP contribution in [-0.4, -0.2) is 30.3 Å². The van der Waals surface area contributed by atoms with Crippen molar-refractivity contribution in [2.24, 2.45) is 0 Å². The fourth-order valence-corrected chi connectivity index (χ4v) is 1.52. The molecule has 1 saturated carbocycles. The molecule has 0 spiro atoms. The van der Waals surface area contributed by atoms with Gasteiger partial charge < -0.3 is 15.7 Å². The Morgan fingerprint density at radius 1 is 1.42 bits per heavy atom. The summed E-state index contributed by atoms with van der Waals surface area (Å²) >= 11 is 0. The van der Waals surface area contributed by atoms with Crippen molar-refractivity contribution in [3.63, 3.8) is 0 Å². The van der Waals surface area contributed by atoms with Crippen molar-refractivity contribution >= 4 is 6.03 Å². The van der Waals surface area contributed by atoms with E-state index in [1.54, 1.807) is 7.05 Å². The Labute approximate surface area is 72.3 Å². The second-order valence-electron chi connectivity index (χ2n) is 3.18. The van der Waals surface area contributed by atoms with Crippen LogP contribution in [0.3, 0.4) is 0 Å². The first kappa shape index (κ1) is 9.32. The summed E-state index contributed by atoms with van der Waals surface area (Å²) in [6.07, 6.45) is 3.47. The number of aliphatic hydroxyl groups is 1. The van der Waals surface area contributed by atoms with Crippen molar-refractivity contribution in [1.82, 2.24) is 10.6 Å². The third kappa shape index (κ3) is 2.37.